The number of anilines is 1. The van der Waals surface area contributed by atoms with Crippen molar-refractivity contribution in [3.8, 4) is 11.5 Å². The van der Waals surface area contributed by atoms with Crippen molar-refractivity contribution in [2.75, 3.05) is 12.8 Å². The molecule has 7 heteroatoms. The molecule has 17 heavy (non-hydrogen) atoms. The summed E-state index contributed by atoms with van der Waals surface area (Å²) in [5.41, 5.74) is 6.24. The van der Waals surface area contributed by atoms with E-state index >= 15 is 0 Å². The van der Waals surface area contributed by atoms with Crippen molar-refractivity contribution in [1.82, 2.24) is 19.9 Å². The zero-order chi connectivity index (χ0) is 12.3. The molecule has 2 N–H and O–H groups in total. The lowest BCUT2D eigenvalue weighted by Gasteiger charge is -2.04. The number of carbonyl (C=O) groups excluding carboxylic acids is 1. The van der Waals surface area contributed by atoms with E-state index in [9.17, 15) is 4.79 Å². The summed E-state index contributed by atoms with van der Waals surface area (Å²) in [7, 11) is 1.26. The first kappa shape index (κ1) is 10.9. The van der Waals surface area contributed by atoms with Gasteiger partial charge in [-0.3, -0.25) is 4.98 Å². The highest BCUT2D eigenvalue weighted by atomic mass is 16.5. The predicted octanol–water partition coefficient (Wildman–Crippen LogP) is 0.302. The Labute approximate surface area is 96.7 Å². The van der Waals surface area contributed by atoms with Crippen LogP contribution in [0.3, 0.4) is 0 Å². The van der Waals surface area contributed by atoms with Crippen LogP contribution < -0.4 is 5.73 Å². The van der Waals surface area contributed by atoms with Gasteiger partial charge in [0.25, 0.3) is 0 Å². The molecule has 7 nitrogen and oxygen atoms in total. The van der Waals surface area contributed by atoms with Crippen LogP contribution in [0, 0.1) is 0 Å². The molecule has 0 fully saturated rings. The Morgan fingerprint density at radius 3 is 2.71 bits per heavy atom. The van der Waals surface area contributed by atoms with E-state index in [1.165, 1.54) is 31.9 Å². The molecule has 0 aromatic carbocycles. The number of hydrogen-bond donors (Lipinski definition) is 1. The van der Waals surface area contributed by atoms with Gasteiger partial charge in [-0.1, -0.05) is 0 Å². The molecule has 0 atom stereocenters. The summed E-state index contributed by atoms with van der Waals surface area (Å²) in [5.74, 6) is -0.219. The molecule has 0 spiro atoms. The molecule has 0 amide bonds. The van der Waals surface area contributed by atoms with Gasteiger partial charge >= 0.3 is 5.97 Å². The van der Waals surface area contributed by atoms with Crippen LogP contribution >= 0.6 is 0 Å². The van der Waals surface area contributed by atoms with Crippen LogP contribution in [0.15, 0.2) is 24.8 Å². The molecule has 0 aliphatic heterocycles. The molecular weight excluding hydrogens is 222 g/mol. The number of esters is 1. The van der Waals surface area contributed by atoms with Crippen LogP contribution in [0.1, 0.15) is 10.4 Å². The van der Waals surface area contributed by atoms with E-state index in [2.05, 4.69) is 24.7 Å². The van der Waals surface area contributed by atoms with Crippen LogP contribution in [0.4, 0.5) is 5.82 Å². The number of nitrogens with two attached hydrogens (primary N) is 1. The van der Waals surface area contributed by atoms with Crippen LogP contribution in [0.2, 0.25) is 0 Å². The molecule has 2 aromatic heterocycles. The van der Waals surface area contributed by atoms with Crippen LogP contribution in [-0.4, -0.2) is 33.0 Å². The second-order valence-corrected chi connectivity index (χ2v) is 3.07. The third-order valence-electron chi connectivity index (χ3n) is 2.02. The molecule has 2 aromatic rings. The quantitative estimate of drug-likeness (QED) is 0.741. The van der Waals surface area contributed by atoms with Crippen molar-refractivity contribution in [1.29, 1.82) is 0 Å². The summed E-state index contributed by atoms with van der Waals surface area (Å²) in [5, 5.41) is 0. The molecule has 2 rings (SSSR count). The fourth-order valence-electron chi connectivity index (χ4n) is 1.20. The Morgan fingerprint density at radius 1 is 1.29 bits per heavy atom. The van der Waals surface area contributed by atoms with E-state index in [0.29, 0.717) is 11.5 Å². The maximum atomic E-state index is 11.3. The van der Waals surface area contributed by atoms with Gasteiger partial charge in [-0.2, -0.15) is 0 Å². The number of nitrogen functional groups attached to an aromatic ring is 1. The molecule has 0 unspecified atom stereocenters. The lowest BCUT2D eigenvalue weighted by molar-refractivity contribution is 0.0601. The molecule has 2 heterocycles. The van der Waals surface area contributed by atoms with E-state index in [-0.39, 0.29) is 11.4 Å². The molecule has 0 saturated carbocycles. The Hall–Kier alpha value is -2.57. The number of methoxy groups -OCH3 is 1. The standard InChI is InChI=1S/C10H9N5O2/c1-17-10(16)6-4-14-9(15-8(6)11)7-5-12-2-3-13-7/h2-5H,1H3,(H2,11,14,15). The van der Waals surface area contributed by atoms with Crippen LogP contribution in [-0.2, 0) is 4.74 Å². The number of ether oxygens (including phenoxy) is 1. The molecule has 0 aliphatic rings. The van der Waals surface area contributed by atoms with Gasteiger partial charge in [-0.15, -0.1) is 0 Å². The van der Waals surface area contributed by atoms with Crippen LogP contribution in [0.5, 0.6) is 0 Å². The highest BCUT2D eigenvalue weighted by Gasteiger charge is 2.13. The van der Waals surface area contributed by atoms with Crippen LogP contribution in [0.25, 0.3) is 11.5 Å². The average Bonchev–Trinajstić information content (AvgIpc) is 2.39. The zero-order valence-electron chi connectivity index (χ0n) is 8.99. The third kappa shape index (κ3) is 2.17. The van der Waals surface area contributed by atoms with Gasteiger partial charge in [0.05, 0.1) is 13.3 Å². The van der Waals surface area contributed by atoms with Crippen molar-refractivity contribution in [3.63, 3.8) is 0 Å². The second-order valence-electron chi connectivity index (χ2n) is 3.07. The number of aromatic nitrogens is 4. The largest absolute Gasteiger partial charge is 0.465 e. The van der Waals surface area contributed by atoms with Gasteiger partial charge < -0.3 is 10.5 Å². The lowest BCUT2D eigenvalue weighted by atomic mass is 10.3. The van der Waals surface area contributed by atoms with Crippen molar-refractivity contribution < 1.29 is 9.53 Å². The molecule has 0 radical (unpaired) electrons. The Bertz CT molecular complexity index is 544. The molecule has 0 saturated heterocycles. The summed E-state index contributed by atoms with van der Waals surface area (Å²) in [4.78, 5) is 27.1. The second kappa shape index (κ2) is 4.52. The normalized spacial score (nSPS) is 9.94. The van der Waals surface area contributed by atoms with Gasteiger partial charge in [0.2, 0.25) is 0 Å². The summed E-state index contributed by atoms with van der Waals surface area (Å²) < 4.78 is 4.54. The van der Waals surface area contributed by atoms with Crippen molar-refractivity contribution in [3.05, 3.63) is 30.4 Å². The van der Waals surface area contributed by atoms with Gasteiger partial charge in [0, 0.05) is 18.6 Å². The third-order valence-corrected chi connectivity index (χ3v) is 2.02. The van der Waals surface area contributed by atoms with E-state index in [1.807, 2.05) is 0 Å². The van der Waals surface area contributed by atoms with Gasteiger partial charge in [-0.05, 0) is 0 Å². The van der Waals surface area contributed by atoms with E-state index in [0.717, 1.165) is 0 Å². The number of nitrogens with zero attached hydrogens (tertiary/aromatic N) is 4. The van der Waals surface area contributed by atoms with Gasteiger partial charge in [0.15, 0.2) is 5.82 Å². The molecule has 0 aliphatic carbocycles. The number of hydrogen-bond acceptors (Lipinski definition) is 7. The fourth-order valence-corrected chi connectivity index (χ4v) is 1.20. The first-order chi connectivity index (χ1) is 8.22. The average molecular weight is 231 g/mol. The number of rotatable bonds is 2. The molecule has 0 bridgehead atoms. The molecule has 86 valence electrons. The van der Waals surface area contributed by atoms with Crippen molar-refractivity contribution in [2.24, 2.45) is 0 Å². The maximum absolute atomic E-state index is 11.3. The minimum atomic E-state index is -0.576. The zero-order valence-corrected chi connectivity index (χ0v) is 8.99. The highest BCUT2D eigenvalue weighted by Crippen LogP contribution is 2.14. The van der Waals surface area contributed by atoms with Gasteiger partial charge in [0.1, 0.15) is 17.1 Å². The Kier molecular flexibility index (Phi) is 2.91. The first-order valence-electron chi connectivity index (χ1n) is 4.69. The minimum absolute atomic E-state index is 0.0486. The Morgan fingerprint density at radius 2 is 2.12 bits per heavy atom. The topological polar surface area (TPSA) is 104 Å². The monoisotopic (exact) mass is 231 g/mol. The Balaban J connectivity index is 2.41. The summed E-state index contributed by atoms with van der Waals surface area (Å²) in [6, 6.07) is 0. The van der Waals surface area contributed by atoms with E-state index in [4.69, 9.17) is 5.73 Å². The van der Waals surface area contributed by atoms with Crippen molar-refractivity contribution >= 4 is 11.8 Å². The SMILES string of the molecule is COC(=O)c1cnc(-c2cnccn2)nc1N. The minimum Gasteiger partial charge on any atom is -0.465 e. The summed E-state index contributed by atoms with van der Waals surface area (Å²) in [6.45, 7) is 0. The smallest absolute Gasteiger partial charge is 0.343 e. The van der Waals surface area contributed by atoms with Crippen molar-refractivity contribution in [2.45, 2.75) is 0 Å². The molecular formula is C10H9N5O2. The summed E-state index contributed by atoms with van der Waals surface area (Å²) >= 11 is 0. The first-order valence-corrected chi connectivity index (χ1v) is 4.69. The van der Waals surface area contributed by atoms with E-state index < -0.39 is 5.97 Å². The summed E-state index contributed by atoms with van der Waals surface area (Å²) in [6.07, 6.45) is 5.86. The van der Waals surface area contributed by atoms with Gasteiger partial charge in [-0.25, -0.2) is 19.7 Å². The number of carbonyl (C=O) groups is 1. The van der Waals surface area contributed by atoms with E-state index in [1.54, 1.807) is 0 Å². The maximum Gasteiger partial charge on any atom is 0.343 e. The highest BCUT2D eigenvalue weighted by molar-refractivity contribution is 5.93. The predicted molar refractivity (Wildman–Crippen MR) is 58.8 cm³/mol. The fraction of sp³-hybridized carbons (Fsp3) is 0.100. The lowest BCUT2D eigenvalue weighted by Crippen LogP contribution is -2.09.